The summed E-state index contributed by atoms with van der Waals surface area (Å²) in [6, 6.07) is -0.341. The normalized spacial score (nSPS) is 12.2. The van der Waals surface area contributed by atoms with Crippen LogP contribution >= 0.6 is 11.8 Å². The molecule has 0 bridgehead atoms. The van der Waals surface area contributed by atoms with Crippen LogP contribution in [0, 0.1) is 0 Å². The number of hydrogen-bond acceptors (Lipinski definition) is 3. The Kier molecular flexibility index (Phi) is 8.52. The number of carbonyl (C=O) groups excluding carboxylic acids is 1. The van der Waals surface area contributed by atoms with Crippen molar-refractivity contribution >= 4 is 17.7 Å². The van der Waals surface area contributed by atoms with E-state index in [9.17, 15) is 4.79 Å². The molecule has 0 fully saturated rings. The van der Waals surface area contributed by atoms with E-state index in [1.807, 2.05) is 19.4 Å². The minimum atomic E-state index is -0.341. The number of amides is 1. The van der Waals surface area contributed by atoms with Crippen molar-refractivity contribution in [2.45, 2.75) is 25.3 Å². The number of unbranched alkanes of at least 4 members (excludes halogenated alkanes) is 1. The Morgan fingerprint density at radius 1 is 1.67 bits per heavy atom. The average Bonchev–Trinajstić information content (AvgIpc) is 2.24. The SMILES string of the molecule is C=CCCCN(C)C(=O)[C@@H](N)CCSC. The van der Waals surface area contributed by atoms with Crippen LogP contribution in [-0.2, 0) is 4.79 Å². The van der Waals surface area contributed by atoms with E-state index in [2.05, 4.69) is 6.58 Å². The van der Waals surface area contributed by atoms with Crippen LogP contribution in [0.3, 0.4) is 0 Å². The molecular formula is C11H22N2OS. The van der Waals surface area contributed by atoms with E-state index in [-0.39, 0.29) is 11.9 Å². The predicted molar refractivity (Wildman–Crippen MR) is 68.0 cm³/mol. The molecule has 0 aliphatic heterocycles. The number of rotatable bonds is 8. The highest BCUT2D eigenvalue weighted by atomic mass is 32.2. The maximum Gasteiger partial charge on any atom is 0.239 e. The van der Waals surface area contributed by atoms with Crippen molar-refractivity contribution < 1.29 is 4.79 Å². The van der Waals surface area contributed by atoms with E-state index in [0.717, 1.165) is 31.6 Å². The van der Waals surface area contributed by atoms with Crippen LogP contribution in [0.1, 0.15) is 19.3 Å². The number of hydrogen-bond donors (Lipinski definition) is 1. The van der Waals surface area contributed by atoms with Gasteiger partial charge in [0, 0.05) is 13.6 Å². The quantitative estimate of drug-likeness (QED) is 0.507. The molecule has 0 unspecified atom stereocenters. The lowest BCUT2D eigenvalue weighted by Gasteiger charge is -2.20. The van der Waals surface area contributed by atoms with Gasteiger partial charge >= 0.3 is 0 Å². The van der Waals surface area contributed by atoms with Crippen molar-refractivity contribution in [1.29, 1.82) is 0 Å². The first-order chi connectivity index (χ1) is 7.13. The number of nitrogens with zero attached hydrogens (tertiary/aromatic N) is 1. The molecule has 0 radical (unpaired) electrons. The van der Waals surface area contributed by atoms with Crippen LogP contribution in [-0.4, -0.2) is 42.4 Å². The summed E-state index contributed by atoms with van der Waals surface area (Å²) in [7, 11) is 1.81. The van der Waals surface area contributed by atoms with E-state index >= 15 is 0 Å². The van der Waals surface area contributed by atoms with Gasteiger partial charge in [-0.25, -0.2) is 0 Å². The van der Waals surface area contributed by atoms with Gasteiger partial charge in [-0.05, 0) is 31.3 Å². The summed E-state index contributed by atoms with van der Waals surface area (Å²) in [6.45, 7) is 4.41. The fraction of sp³-hybridized carbons (Fsp3) is 0.727. The highest BCUT2D eigenvalue weighted by molar-refractivity contribution is 7.98. The third kappa shape index (κ3) is 6.57. The monoisotopic (exact) mass is 230 g/mol. The zero-order valence-electron chi connectivity index (χ0n) is 9.74. The minimum absolute atomic E-state index is 0.0492. The molecule has 0 saturated heterocycles. The molecular weight excluding hydrogens is 208 g/mol. The van der Waals surface area contributed by atoms with Gasteiger partial charge in [0.25, 0.3) is 0 Å². The molecule has 15 heavy (non-hydrogen) atoms. The zero-order valence-corrected chi connectivity index (χ0v) is 10.6. The van der Waals surface area contributed by atoms with Gasteiger partial charge in [-0.15, -0.1) is 6.58 Å². The molecule has 0 rings (SSSR count). The lowest BCUT2D eigenvalue weighted by Crippen LogP contribution is -2.42. The second-order valence-corrected chi connectivity index (χ2v) is 4.56. The van der Waals surface area contributed by atoms with Gasteiger partial charge in [0.15, 0.2) is 0 Å². The van der Waals surface area contributed by atoms with Gasteiger partial charge in [-0.1, -0.05) is 6.08 Å². The largest absolute Gasteiger partial charge is 0.344 e. The van der Waals surface area contributed by atoms with E-state index < -0.39 is 0 Å². The molecule has 0 aliphatic carbocycles. The average molecular weight is 230 g/mol. The number of likely N-dealkylation sites (N-methyl/N-ethyl adjacent to an activating group) is 1. The van der Waals surface area contributed by atoms with Crippen LogP contribution < -0.4 is 5.73 Å². The smallest absolute Gasteiger partial charge is 0.239 e. The summed E-state index contributed by atoms with van der Waals surface area (Å²) in [4.78, 5) is 13.4. The Bertz CT molecular complexity index is 197. The number of nitrogens with two attached hydrogens (primary N) is 1. The third-order valence-corrected chi connectivity index (χ3v) is 2.87. The standard InChI is InChI=1S/C11H22N2OS/c1-4-5-6-8-13(2)11(14)10(12)7-9-15-3/h4,10H,1,5-9,12H2,2-3H3/t10-/m0/s1. The first kappa shape index (κ1) is 14.5. The summed E-state index contributed by atoms with van der Waals surface area (Å²) in [5.41, 5.74) is 5.78. The van der Waals surface area contributed by atoms with Crippen molar-refractivity contribution in [3.63, 3.8) is 0 Å². The van der Waals surface area contributed by atoms with E-state index in [4.69, 9.17) is 5.73 Å². The predicted octanol–water partition coefficient (Wildman–Crippen LogP) is 1.49. The molecule has 1 atom stereocenters. The molecule has 88 valence electrons. The molecule has 0 aliphatic rings. The molecule has 0 spiro atoms. The zero-order chi connectivity index (χ0) is 11.7. The Morgan fingerprint density at radius 3 is 2.87 bits per heavy atom. The van der Waals surface area contributed by atoms with Gasteiger partial charge < -0.3 is 10.6 Å². The summed E-state index contributed by atoms with van der Waals surface area (Å²) >= 11 is 1.72. The molecule has 0 saturated carbocycles. The minimum Gasteiger partial charge on any atom is -0.344 e. The fourth-order valence-corrected chi connectivity index (χ4v) is 1.72. The lowest BCUT2D eigenvalue weighted by atomic mass is 10.2. The summed E-state index contributed by atoms with van der Waals surface area (Å²) in [5.74, 6) is 0.987. The summed E-state index contributed by atoms with van der Waals surface area (Å²) in [6.07, 6.45) is 6.54. The Labute approximate surface area is 97.1 Å². The second kappa shape index (κ2) is 8.80. The van der Waals surface area contributed by atoms with Crippen LogP contribution in [0.15, 0.2) is 12.7 Å². The van der Waals surface area contributed by atoms with E-state index in [0.29, 0.717) is 0 Å². The number of carbonyl (C=O) groups is 1. The molecule has 0 aromatic carbocycles. The highest BCUT2D eigenvalue weighted by Crippen LogP contribution is 2.02. The third-order valence-electron chi connectivity index (χ3n) is 2.23. The maximum atomic E-state index is 11.7. The number of allylic oxidation sites excluding steroid dienone is 1. The van der Waals surface area contributed by atoms with Gasteiger partial charge in [0.05, 0.1) is 6.04 Å². The Hall–Kier alpha value is -0.480. The van der Waals surface area contributed by atoms with Crippen molar-refractivity contribution in [3.8, 4) is 0 Å². The molecule has 4 heteroatoms. The van der Waals surface area contributed by atoms with Gasteiger partial charge in [-0.3, -0.25) is 4.79 Å². The van der Waals surface area contributed by atoms with Crippen LogP contribution in [0.25, 0.3) is 0 Å². The Balaban J connectivity index is 3.79. The summed E-state index contributed by atoms with van der Waals surface area (Å²) < 4.78 is 0. The van der Waals surface area contributed by atoms with Crippen molar-refractivity contribution in [2.75, 3.05) is 25.6 Å². The van der Waals surface area contributed by atoms with Crippen LogP contribution in [0.2, 0.25) is 0 Å². The molecule has 0 aromatic heterocycles. The highest BCUT2D eigenvalue weighted by Gasteiger charge is 2.16. The fourth-order valence-electron chi connectivity index (χ4n) is 1.23. The van der Waals surface area contributed by atoms with Crippen molar-refractivity contribution in [2.24, 2.45) is 5.73 Å². The summed E-state index contributed by atoms with van der Waals surface area (Å²) in [5, 5.41) is 0. The Morgan fingerprint density at radius 2 is 2.33 bits per heavy atom. The second-order valence-electron chi connectivity index (χ2n) is 3.58. The van der Waals surface area contributed by atoms with Gasteiger partial charge in [0.1, 0.15) is 0 Å². The van der Waals surface area contributed by atoms with Crippen molar-refractivity contribution in [3.05, 3.63) is 12.7 Å². The van der Waals surface area contributed by atoms with E-state index in [1.165, 1.54) is 0 Å². The van der Waals surface area contributed by atoms with Crippen LogP contribution in [0.4, 0.5) is 0 Å². The van der Waals surface area contributed by atoms with Crippen molar-refractivity contribution in [1.82, 2.24) is 4.90 Å². The van der Waals surface area contributed by atoms with Gasteiger partial charge in [-0.2, -0.15) is 11.8 Å². The lowest BCUT2D eigenvalue weighted by molar-refractivity contribution is -0.131. The first-order valence-electron chi connectivity index (χ1n) is 5.23. The molecule has 0 heterocycles. The topological polar surface area (TPSA) is 46.3 Å². The van der Waals surface area contributed by atoms with E-state index in [1.54, 1.807) is 16.7 Å². The maximum absolute atomic E-state index is 11.7. The molecule has 3 nitrogen and oxygen atoms in total. The van der Waals surface area contributed by atoms with Crippen LogP contribution in [0.5, 0.6) is 0 Å². The molecule has 1 amide bonds. The first-order valence-corrected chi connectivity index (χ1v) is 6.63. The van der Waals surface area contributed by atoms with Gasteiger partial charge in [0.2, 0.25) is 5.91 Å². The molecule has 2 N–H and O–H groups in total. The number of thioether (sulfide) groups is 1. The molecule has 0 aromatic rings.